The number of halogens is 1. The van der Waals surface area contributed by atoms with Crippen LogP contribution in [0, 0.1) is 0 Å². The quantitative estimate of drug-likeness (QED) is 0.859. The number of aromatic nitrogens is 1. The van der Waals surface area contributed by atoms with Gasteiger partial charge in [-0.05, 0) is 30.2 Å². The maximum absolute atomic E-state index is 12.2. The number of aryl methyl sites for hydroxylation is 1. The monoisotopic (exact) mass is 354 g/mol. The molecule has 0 saturated heterocycles. The van der Waals surface area contributed by atoms with Crippen LogP contribution in [-0.2, 0) is 16.4 Å². The van der Waals surface area contributed by atoms with Crippen LogP contribution in [0.15, 0.2) is 46.2 Å². The number of hydrogen-bond donors (Lipinski definition) is 2. The van der Waals surface area contributed by atoms with E-state index in [4.69, 9.17) is 11.6 Å². The third-order valence-electron chi connectivity index (χ3n) is 3.12. The van der Waals surface area contributed by atoms with E-state index in [2.05, 4.69) is 4.98 Å². The molecule has 1 aromatic heterocycles. The van der Waals surface area contributed by atoms with Crippen LogP contribution >= 0.6 is 11.6 Å². The number of H-pyrrole nitrogens is 1. The third-order valence-corrected chi connectivity index (χ3v) is 4.75. The van der Waals surface area contributed by atoms with E-state index >= 15 is 0 Å². The molecule has 0 spiro atoms. The molecule has 0 unspecified atom stereocenters. The van der Waals surface area contributed by atoms with E-state index < -0.39 is 21.5 Å². The van der Waals surface area contributed by atoms with E-state index in [1.54, 1.807) is 12.1 Å². The number of sulfonamides is 1. The maximum atomic E-state index is 12.2. The first-order valence-electron chi connectivity index (χ1n) is 6.88. The van der Waals surface area contributed by atoms with Gasteiger partial charge in [-0.2, -0.15) is 0 Å². The zero-order valence-electron chi connectivity index (χ0n) is 12.3. The first kappa shape index (κ1) is 17.2. The van der Waals surface area contributed by atoms with Gasteiger partial charge in [0, 0.05) is 6.20 Å². The van der Waals surface area contributed by atoms with E-state index in [-0.39, 0.29) is 15.5 Å². The molecule has 0 atom stereocenters. The number of carbonyl (C=O) groups excluding carboxylic acids is 1. The minimum Gasteiger partial charge on any atom is -0.327 e. The molecule has 1 aromatic carbocycles. The molecule has 8 heteroatoms. The van der Waals surface area contributed by atoms with E-state index in [9.17, 15) is 18.0 Å². The van der Waals surface area contributed by atoms with Gasteiger partial charge in [-0.15, -0.1) is 0 Å². The molecule has 2 rings (SSSR count). The number of aromatic amines is 1. The largest absolute Gasteiger partial charge is 0.327 e. The van der Waals surface area contributed by atoms with Crippen LogP contribution in [0.2, 0.25) is 5.02 Å². The lowest BCUT2D eigenvalue weighted by atomic mass is 10.1. The van der Waals surface area contributed by atoms with Gasteiger partial charge in [0.1, 0.15) is 5.02 Å². The van der Waals surface area contributed by atoms with Gasteiger partial charge in [0.05, 0.1) is 10.5 Å². The Bertz CT molecular complexity index is 873. The van der Waals surface area contributed by atoms with Gasteiger partial charge >= 0.3 is 0 Å². The molecule has 122 valence electrons. The highest BCUT2D eigenvalue weighted by atomic mass is 35.5. The lowest BCUT2D eigenvalue weighted by Crippen LogP contribution is -2.31. The molecule has 0 aliphatic heterocycles. The summed E-state index contributed by atoms with van der Waals surface area (Å²) in [6.45, 7) is 2.03. The average Bonchev–Trinajstić information content (AvgIpc) is 2.50. The lowest BCUT2D eigenvalue weighted by molar-refractivity contribution is 0.0981. The maximum Gasteiger partial charge on any atom is 0.266 e. The van der Waals surface area contributed by atoms with Crippen molar-refractivity contribution in [2.45, 2.75) is 24.7 Å². The smallest absolute Gasteiger partial charge is 0.266 e. The van der Waals surface area contributed by atoms with E-state index in [0.717, 1.165) is 30.7 Å². The molecule has 2 N–H and O–H groups in total. The summed E-state index contributed by atoms with van der Waals surface area (Å²) in [4.78, 5) is 25.4. The number of pyridine rings is 1. The zero-order valence-corrected chi connectivity index (χ0v) is 13.9. The molecule has 1 heterocycles. The van der Waals surface area contributed by atoms with Crippen molar-refractivity contribution in [3.05, 3.63) is 63.0 Å². The Kier molecular flexibility index (Phi) is 5.23. The second kappa shape index (κ2) is 6.97. The third kappa shape index (κ3) is 4.20. The number of nitrogens with one attached hydrogen (secondary N) is 2. The average molecular weight is 355 g/mol. The first-order valence-corrected chi connectivity index (χ1v) is 8.74. The summed E-state index contributed by atoms with van der Waals surface area (Å²) in [6.07, 6.45) is 2.90. The molecule has 1 amide bonds. The number of amides is 1. The summed E-state index contributed by atoms with van der Waals surface area (Å²) in [5, 5.41) is -0.195. The van der Waals surface area contributed by atoms with Gasteiger partial charge in [-0.1, -0.05) is 37.1 Å². The number of rotatable bonds is 5. The van der Waals surface area contributed by atoms with Gasteiger partial charge in [0.15, 0.2) is 0 Å². The fourth-order valence-corrected chi connectivity index (χ4v) is 3.10. The Hall–Kier alpha value is -2.12. The van der Waals surface area contributed by atoms with Gasteiger partial charge in [0.25, 0.3) is 21.5 Å². The number of hydrogen-bond acceptors (Lipinski definition) is 4. The molecule has 0 fully saturated rings. The SMILES string of the molecule is CCCc1ccc(S(=O)(=O)NC(=O)c2c[nH]c(=O)c(Cl)c2)cc1. The number of benzene rings is 1. The van der Waals surface area contributed by atoms with Crippen molar-refractivity contribution in [3.8, 4) is 0 Å². The summed E-state index contributed by atoms with van der Waals surface area (Å²) >= 11 is 5.62. The van der Waals surface area contributed by atoms with E-state index in [1.807, 2.05) is 11.6 Å². The summed E-state index contributed by atoms with van der Waals surface area (Å²) in [6, 6.07) is 7.41. The molecule has 2 aromatic rings. The van der Waals surface area contributed by atoms with Crippen LogP contribution < -0.4 is 10.3 Å². The van der Waals surface area contributed by atoms with Crippen molar-refractivity contribution in [2.75, 3.05) is 0 Å². The molecular weight excluding hydrogens is 340 g/mol. The molecule has 0 radical (unpaired) electrons. The Morgan fingerprint density at radius 3 is 2.48 bits per heavy atom. The fourth-order valence-electron chi connectivity index (χ4n) is 1.95. The molecule has 0 aliphatic rings. The van der Waals surface area contributed by atoms with Gasteiger partial charge in [0.2, 0.25) is 0 Å². The van der Waals surface area contributed by atoms with Crippen LogP contribution in [0.4, 0.5) is 0 Å². The van der Waals surface area contributed by atoms with Crippen molar-refractivity contribution in [1.82, 2.24) is 9.71 Å². The normalized spacial score (nSPS) is 11.2. The summed E-state index contributed by atoms with van der Waals surface area (Å²) in [5.74, 6) is -0.874. The van der Waals surface area contributed by atoms with Crippen LogP contribution in [0.3, 0.4) is 0 Å². The van der Waals surface area contributed by atoms with Gasteiger partial charge in [-0.25, -0.2) is 13.1 Å². The Morgan fingerprint density at radius 2 is 1.91 bits per heavy atom. The molecule has 0 aliphatic carbocycles. The second-order valence-electron chi connectivity index (χ2n) is 4.89. The minimum absolute atomic E-state index is 0.0128. The predicted molar refractivity (Wildman–Crippen MR) is 87.2 cm³/mol. The molecule has 6 nitrogen and oxygen atoms in total. The minimum atomic E-state index is -4.00. The van der Waals surface area contributed by atoms with Gasteiger partial charge in [-0.3, -0.25) is 9.59 Å². The second-order valence-corrected chi connectivity index (χ2v) is 6.98. The summed E-state index contributed by atoms with van der Waals surface area (Å²) in [5.41, 5.74) is 0.406. The Balaban J connectivity index is 2.21. The van der Waals surface area contributed by atoms with Crippen molar-refractivity contribution >= 4 is 27.5 Å². The molecule has 0 saturated carbocycles. The predicted octanol–water partition coefficient (Wildman–Crippen LogP) is 2.10. The van der Waals surface area contributed by atoms with Crippen molar-refractivity contribution in [2.24, 2.45) is 0 Å². The summed E-state index contributed by atoms with van der Waals surface area (Å²) in [7, 11) is -4.00. The highest BCUT2D eigenvalue weighted by molar-refractivity contribution is 7.90. The number of carbonyl (C=O) groups is 1. The molecular formula is C15H15ClN2O4S. The first-order chi connectivity index (χ1) is 10.8. The summed E-state index contributed by atoms with van der Waals surface area (Å²) < 4.78 is 26.3. The molecule has 0 bridgehead atoms. The van der Waals surface area contributed by atoms with E-state index in [0.29, 0.717) is 0 Å². The van der Waals surface area contributed by atoms with Crippen molar-refractivity contribution in [3.63, 3.8) is 0 Å². The Labute approximate surface area is 138 Å². The fraction of sp³-hybridized carbons (Fsp3) is 0.200. The van der Waals surface area contributed by atoms with E-state index in [1.165, 1.54) is 12.1 Å². The highest BCUT2D eigenvalue weighted by Crippen LogP contribution is 2.13. The van der Waals surface area contributed by atoms with Crippen LogP contribution in [0.1, 0.15) is 29.3 Å². The standard InChI is InChI=1S/C15H15ClN2O4S/c1-2-3-10-4-6-12(7-5-10)23(21,22)18-14(19)11-8-13(16)15(20)17-9-11/h4-9H,2-3H2,1H3,(H,17,20)(H,18,19). The zero-order chi connectivity index (χ0) is 17.0. The molecule has 23 heavy (non-hydrogen) atoms. The Morgan fingerprint density at radius 1 is 1.26 bits per heavy atom. The van der Waals surface area contributed by atoms with Crippen LogP contribution in [0.5, 0.6) is 0 Å². The lowest BCUT2D eigenvalue weighted by Gasteiger charge is -2.08. The van der Waals surface area contributed by atoms with Gasteiger partial charge < -0.3 is 4.98 Å². The topological polar surface area (TPSA) is 96.1 Å². The van der Waals surface area contributed by atoms with Crippen LogP contribution in [-0.4, -0.2) is 19.3 Å². The van der Waals surface area contributed by atoms with Crippen molar-refractivity contribution in [1.29, 1.82) is 0 Å². The van der Waals surface area contributed by atoms with Crippen molar-refractivity contribution < 1.29 is 13.2 Å². The van der Waals surface area contributed by atoms with Crippen LogP contribution in [0.25, 0.3) is 0 Å². The highest BCUT2D eigenvalue weighted by Gasteiger charge is 2.19.